The van der Waals surface area contributed by atoms with Crippen molar-refractivity contribution in [1.29, 1.82) is 0 Å². The van der Waals surface area contributed by atoms with Crippen LogP contribution in [0.2, 0.25) is 0 Å². The van der Waals surface area contributed by atoms with E-state index in [4.69, 9.17) is 9.47 Å². The Balaban J connectivity index is 1.49. The molecule has 9 heteroatoms. The highest BCUT2D eigenvalue weighted by molar-refractivity contribution is 7.99. The molecule has 0 aliphatic carbocycles. The molecule has 4 rings (SSSR count). The SMILES string of the molecule is CC(C)C[C@@H]1CCO[C@@H]2[C@H](CN[C@@H]2C(=O)N[C@H]2[C@H]3O[C@H](SCCC/C=C/[C@H]2C)[C@H](O)[C@@H](O)[C@H]3O)C1. The summed E-state index contributed by atoms with van der Waals surface area (Å²) in [6.45, 7) is 7.91. The zero-order valence-corrected chi connectivity index (χ0v) is 22.0. The summed E-state index contributed by atoms with van der Waals surface area (Å²) in [5, 5.41) is 38.4. The van der Waals surface area contributed by atoms with E-state index in [1.54, 1.807) is 0 Å². The summed E-state index contributed by atoms with van der Waals surface area (Å²) in [4.78, 5) is 13.6. The van der Waals surface area contributed by atoms with Crippen molar-refractivity contribution in [3.63, 3.8) is 0 Å². The largest absolute Gasteiger partial charge is 0.388 e. The molecule has 3 fully saturated rings. The molecule has 0 spiro atoms. The van der Waals surface area contributed by atoms with Gasteiger partial charge in [-0.2, -0.15) is 0 Å². The van der Waals surface area contributed by atoms with Crippen molar-refractivity contribution >= 4 is 17.7 Å². The standard InChI is InChI=1S/C26H44N2O6S/c1-14(2)11-16-8-9-33-23-17(12-16)13-27-19(23)25(32)28-18-15(3)7-5-4-6-10-35-26-22(31)20(29)21(30)24(18)34-26/h5,7,14-24,26-27,29-31H,4,6,8-13H2,1-3H3,(H,28,32)/b7-5+/t15-,16+,17+,18-,19+,20+,21-,22-,23-,24-,26-/m1/s1. The van der Waals surface area contributed by atoms with Crippen LogP contribution in [0.4, 0.5) is 0 Å². The molecule has 3 saturated heterocycles. The average Bonchev–Trinajstić information content (AvgIpc) is 3.09. The van der Waals surface area contributed by atoms with Crippen LogP contribution in [0.25, 0.3) is 0 Å². The Morgan fingerprint density at radius 2 is 2.00 bits per heavy atom. The van der Waals surface area contributed by atoms with Gasteiger partial charge in [-0.25, -0.2) is 0 Å². The number of amides is 1. The fourth-order valence-corrected chi connectivity index (χ4v) is 7.31. The van der Waals surface area contributed by atoms with Crippen molar-refractivity contribution in [1.82, 2.24) is 10.6 Å². The minimum Gasteiger partial charge on any atom is -0.388 e. The van der Waals surface area contributed by atoms with Crippen LogP contribution in [0.5, 0.6) is 0 Å². The van der Waals surface area contributed by atoms with Gasteiger partial charge in [-0.1, -0.05) is 32.9 Å². The molecule has 4 aliphatic rings. The third-order valence-electron chi connectivity index (χ3n) is 8.03. The summed E-state index contributed by atoms with van der Waals surface area (Å²) < 4.78 is 12.4. The number of ether oxygens (including phenoxy) is 2. The van der Waals surface area contributed by atoms with Crippen LogP contribution in [0, 0.1) is 23.7 Å². The highest BCUT2D eigenvalue weighted by Crippen LogP contribution is 2.35. The zero-order chi connectivity index (χ0) is 25.1. The number of carbonyl (C=O) groups is 1. The highest BCUT2D eigenvalue weighted by Gasteiger charge is 2.49. The Morgan fingerprint density at radius 1 is 1.20 bits per heavy atom. The monoisotopic (exact) mass is 512 g/mol. The van der Waals surface area contributed by atoms with Crippen LogP contribution in [-0.4, -0.2) is 88.2 Å². The van der Waals surface area contributed by atoms with Gasteiger partial charge in [0.2, 0.25) is 5.91 Å². The second-order valence-electron chi connectivity index (χ2n) is 11.3. The second-order valence-corrected chi connectivity index (χ2v) is 12.5. The lowest BCUT2D eigenvalue weighted by atomic mass is 9.85. The van der Waals surface area contributed by atoms with E-state index >= 15 is 0 Å². The first-order valence-corrected chi connectivity index (χ1v) is 14.4. The predicted octanol–water partition coefficient (Wildman–Crippen LogP) is 1.43. The topological polar surface area (TPSA) is 120 Å². The van der Waals surface area contributed by atoms with E-state index in [2.05, 4.69) is 30.6 Å². The molecule has 35 heavy (non-hydrogen) atoms. The summed E-state index contributed by atoms with van der Waals surface area (Å²) in [5.74, 6) is 2.05. The van der Waals surface area contributed by atoms with Gasteiger partial charge in [0.25, 0.3) is 0 Å². The predicted molar refractivity (Wildman–Crippen MR) is 136 cm³/mol. The lowest BCUT2D eigenvalue weighted by Crippen LogP contribution is -2.65. The van der Waals surface area contributed by atoms with E-state index in [0.717, 1.165) is 38.0 Å². The van der Waals surface area contributed by atoms with E-state index in [9.17, 15) is 20.1 Å². The summed E-state index contributed by atoms with van der Waals surface area (Å²) >= 11 is 1.44. The van der Waals surface area contributed by atoms with Gasteiger partial charge in [-0.05, 0) is 61.5 Å². The summed E-state index contributed by atoms with van der Waals surface area (Å²) in [6.07, 6.45) is 4.41. The van der Waals surface area contributed by atoms with Crippen LogP contribution in [-0.2, 0) is 14.3 Å². The van der Waals surface area contributed by atoms with Crippen molar-refractivity contribution in [2.45, 2.75) is 101 Å². The molecular formula is C26H44N2O6S. The molecule has 11 atom stereocenters. The number of hydrogen-bond donors (Lipinski definition) is 5. The van der Waals surface area contributed by atoms with Gasteiger partial charge in [-0.3, -0.25) is 4.79 Å². The lowest BCUT2D eigenvalue weighted by molar-refractivity contribution is -0.207. The van der Waals surface area contributed by atoms with Crippen molar-refractivity contribution in [3.05, 3.63) is 12.2 Å². The molecule has 4 heterocycles. The minimum absolute atomic E-state index is 0.132. The lowest BCUT2D eigenvalue weighted by Gasteiger charge is -2.44. The average molecular weight is 513 g/mol. The molecule has 0 saturated carbocycles. The first-order valence-electron chi connectivity index (χ1n) is 13.4. The third-order valence-corrected chi connectivity index (χ3v) is 9.27. The van der Waals surface area contributed by atoms with Crippen LogP contribution >= 0.6 is 11.8 Å². The molecule has 5 N–H and O–H groups in total. The fourth-order valence-electron chi connectivity index (χ4n) is 6.18. The smallest absolute Gasteiger partial charge is 0.240 e. The van der Waals surface area contributed by atoms with Gasteiger partial charge in [0.15, 0.2) is 0 Å². The molecule has 2 bridgehead atoms. The quantitative estimate of drug-likeness (QED) is 0.359. The second kappa shape index (κ2) is 12.2. The van der Waals surface area contributed by atoms with Crippen molar-refractivity contribution in [2.24, 2.45) is 23.7 Å². The Morgan fingerprint density at radius 3 is 2.77 bits per heavy atom. The van der Waals surface area contributed by atoms with E-state index in [0.29, 0.717) is 24.4 Å². The number of rotatable bonds is 4. The van der Waals surface area contributed by atoms with E-state index in [1.165, 1.54) is 18.2 Å². The summed E-state index contributed by atoms with van der Waals surface area (Å²) in [6, 6.07) is -1.02. The Labute approximate surface area is 213 Å². The van der Waals surface area contributed by atoms with Crippen molar-refractivity contribution < 1.29 is 29.6 Å². The zero-order valence-electron chi connectivity index (χ0n) is 21.2. The summed E-state index contributed by atoms with van der Waals surface area (Å²) in [7, 11) is 0. The Bertz CT molecular complexity index is 739. The van der Waals surface area contributed by atoms with Gasteiger partial charge in [-0.15, -0.1) is 11.8 Å². The van der Waals surface area contributed by atoms with Gasteiger partial charge < -0.3 is 35.4 Å². The minimum atomic E-state index is -1.33. The molecule has 1 amide bonds. The Hall–Kier alpha value is -0.680. The van der Waals surface area contributed by atoms with Gasteiger partial charge in [0.1, 0.15) is 35.9 Å². The molecule has 0 aromatic rings. The maximum atomic E-state index is 13.6. The first kappa shape index (κ1) is 27.4. The first-order chi connectivity index (χ1) is 16.8. The van der Waals surface area contributed by atoms with Gasteiger partial charge in [0.05, 0.1) is 12.1 Å². The molecule has 0 aromatic heterocycles. The molecule has 0 unspecified atom stereocenters. The molecule has 0 radical (unpaired) electrons. The van der Waals surface area contributed by atoms with E-state index in [1.807, 2.05) is 13.0 Å². The number of fused-ring (bicyclic) bond motifs is 3. The van der Waals surface area contributed by atoms with Crippen LogP contribution < -0.4 is 10.6 Å². The van der Waals surface area contributed by atoms with Gasteiger partial charge in [0, 0.05) is 13.2 Å². The molecule has 0 aromatic carbocycles. The summed E-state index contributed by atoms with van der Waals surface area (Å²) in [5.41, 5.74) is -0.653. The van der Waals surface area contributed by atoms with Crippen LogP contribution in [0.3, 0.4) is 0 Å². The number of hydrogen-bond acceptors (Lipinski definition) is 8. The normalized spacial score (nSPS) is 45.7. The molecular weight excluding hydrogens is 468 g/mol. The van der Waals surface area contributed by atoms with Crippen LogP contribution in [0.1, 0.15) is 52.9 Å². The van der Waals surface area contributed by atoms with Gasteiger partial charge >= 0.3 is 0 Å². The highest BCUT2D eigenvalue weighted by atomic mass is 32.2. The molecule has 4 aliphatic heterocycles. The molecule has 200 valence electrons. The van der Waals surface area contributed by atoms with Crippen molar-refractivity contribution in [3.8, 4) is 0 Å². The number of allylic oxidation sites excluding steroid dienone is 1. The number of aliphatic hydroxyl groups excluding tert-OH is 3. The third kappa shape index (κ3) is 6.43. The van der Waals surface area contributed by atoms with E-state index in [-0.39, 0.29) is 17.9 Å². The number of aliphatic hydroxyl groups is 3. The van der Waals surface area contributed by atoms with Crippen molar-refractivity contribution in [2.75, 3.05) is 18.9 Å². The van der Waals surface area contributed by atoms with Crippen LogP contribution in [0.15, 0.2) is 12.2 Å². The maximum absolute atomic E-state index is 13.6. The number of nitrogens with one attached hydrogen (secondary N) is 2. The molecule has 8 nitrogen and oxygen atoms in total. The van der Waals surface area contributed by atoms with E-state index < -0.39 is 41.9 Å². The fraction of sp³-hybridized carbons (Fsp3) is 0.885. The number of thioether (sulfide) groups is 1. The Kier molecular flexibility index (Phi) is 9.57. The maximum Gasteiger partial charge on any atom is 0.240 e. The number of carbonyl (C=O) groups excluding carboxylic acids is 1.